The third-order valence-corrected chi connectivity index (χ3v) is 17.9. The number of carbonyl (C=O) groups is 2. The van der Waals surface area contributed by atoms with Gasteiger partial charge in [0.15, 0.2) is 0 Å². The second kappa shape index (κ2) is 29.9. The van der Waals surface area contributed by atoms with E-state index in [0.29, 0.717) is 29.6 Å². The molecule has 376 valence electrons. The first kappa shape index (κ1) is 55.8. The number of amides is 1. The van der Waals surface area contributed by atoms with Crippen LogP contribution in [0.2, 0.25) is 0 Å². The number of hydrogen-bond donors (Lipinski definition) is 2. The number of fused-ring (bicyclic) bond motifs is 5. The average Bonchev–Trinajstić information content (AvgIpc) is 3.63. The fourth-order valence-corrected chi connectivity index (χ4v) is 13.8. The normalized spacial score (nSPS) is 27.1. The lowest BCUT2D eigenvalue weighted by Crippen LogP contribution is -2.51. The van der Waals surface area contributed by atoms with Crippen LogP contribution in [0.25, 0.3) is 0 Å². The van der Waals surface area contributed by atoms with Crippen molar-refractivity contribution >= 4 is 11.9 Å². The summed E-state index contributed by atoms with van der Waals surface area (Å²) in [7, 11) is 4.29. The van der Waals surface area contributed by atoms with Gasteiger partial charge in [0.2, 0.25) is 5.91 Å². The van der Waals surface area contributed by atoms with Crippen molar-refractivity contribution in [1.29, 1.82) is 0 Å². The van der Waals surface area contributed by atoms with Crippen LogP contribution in [0.15, 0.2) is 23.9 Å². The van der Waals surface area contributed by atoms with Gasteiger partial charge in [-0.15, -0.1) is 0 Å². The largest absolute Gasteiger partial charge is 0.462 e. The molecule has 0 aromatic rings. The second-order valence-corrected chi connectivity index (χ2v) is 23.7. The molecule has 0 spiro atoms. The summed E-state index contributed by atoms with van der Waals surface area (Å²) in [4.78, 5) is 27.8. The molecule has 0 aliphatic heterocycles. The lowest BCUT2D eigenvalue weighted by molar-refractivity contribution is -0.151. The zero-order valence-corrected chi connectivity index (χ0v) is 44.3. The SMILES string of the molecule is C=C(NCCCCNC(=O)CCCCCCCCCCCCCC)C(CCCCCC(=O)OC1CCC2(C)C(=CCC3C2CCC2(C)C(C(C)CCCC(C)C)CCC32)C1)CCN(C)C. The number of carbonyl (C=O) groups excluding carboxylic acids is 2. The number of nitrogens with one attached hydrogen (secondary N) is 2. The third kappa shape index (κ3) is 18.6. The maximum absolute atomic E-state index is 13.2. The summed E-state index contributed by atoms with van der Waals surface area (Å²) in [6.45, 7) is 22.1. The highest BCUT2D eigenvalue weighted by Crippen LogP contribution is 2.67. The van der Waals surface area contributed by atoms with E-state index in [9.17, 15) is 9.59 Å². The lowest BCUT2D eigenvalue weighted by atomic mass is 9.47. The monoisotopic (exact) mass is 906 g/mol. The topological polar surface area (TPSA) is 70.7 Å². The van der Waals surface area contributed by atoms with Gasteiger partial charge in [0.1, 0.15) is 6.10 Å². The molecule has 6 nitrogen and oxygen atoms in total. The number of nitrogens with zero attached hydrogens (tertiary/aromatic N) is 1. The molecule has 3 fully saturated rings. The Kier molecular flexibility index (Phi) is 25.7. The molecular weight excluding hydrogens is 799 g/mol. The minimum atomic E-state index is 0.0107. The van der Waals surface area contributed by atoms with Crippen molar-refractivity contribution < 1.29 is 14.3 Å². The van der Waals surface area contributed by atoms with E-state index in [4.69, 9.17) is 4.74 Å². The van der Waals surface area contributed by atoms with Gasteiger partial charge < -0.3 is 20.3 Å². The quantitative estimate of drug-likeness (QED) is 0.0377. The number of unbranched alkanes of at least 4 members (excludes halogenated alkanes) is 14. The number of allylic oxidation sites excluding steroid dienone is 2. The van der Waals surface area contributed by atoms with E-state index in [2.05, 4.69) is 83.8 Å². The van der Waals surface area contributed by atoms with Gasteiger partial charge in [0, 0.05) is 38.0 Å². The van der Waals surface area contributed by atoms with Gasteiger partial charge >= 0.3 is 5.97 Å². The molecule has 0 saturated heterocycles. The molecule has 9 atom stereocenters. The first-order chi connectivity index (χ1) is 31.3. The Labute approximate surface area is 403 Å². The van der Waals surface area contributed by atoms with Gasteiger partial charge in [-0.3, -0.25) is 9.59 Å². The maximum atomic E-state index is 13.2. The van der Waals surface area contributed by atoms with Gasteiger partial charge in [-0.25, -0.2) is 0 Å². The molecule has 0 heterocycles. The molecule has 2 N–H and O–H groups in total. The van der Waals surface area contributed by atoms with E-state index >= 15 is 0 Å². The van der Waals surface area contributed by atoms with Crippen LogP contribution in [0.5, 0.6) is 0 Å². The predicted molar refractivity (Wildman–Crippen MR) is 278 cm³/mol. The molecule has 0 aromatic heterocycles. The van der Waals surface area contributed by atoms with Crippen molar-refractivity contribution in [3.8, 4) is 0 Å². The molecule has 0 bridgehead atoms. The zero-order valence-electron chi connectivity index (χ0n) is 44.3. The highest BCUT2D eigenvalue weighted by Gasteiger charge is 2.59. The second-order valence-electron chi connectivity index (χ2n) is 23.7. The fourth-order valence-electron chi connectivity index (χ4n) is 13.8. The molecule has 1 amide bonds. The van der Waals surface area contributed by atoms with Crippen LogP contribution in [0.1, 0.15) is 247 Å². The Balaban J connectivity index is 1.06. The zero-order chi connectivity index (χ0) is 47.1. The summed E-state index contributed by atoms with van der Waals surface area (Å²) in [5.41, 5.74) is 3.58. The molecule has 4 rings (SSSR count). The summed E-state index contributed by atoms with van der Waals surface area (Å²) in [5, 5.41) is 6.78. The van der Waals surface area contributed by atoms with Gasteiger partial charge in [0.05, 0.1) is 0 Å². The first-order valence-electron chi connectivity index (χ1n) is 28.5. The smallest absolute Gasteiger partial charge is 0.306 e. The van der Waals surface area contributed by atoms with Gasteiger partial charge in [-0.2, -0.15) is 0 Å². The number of ether oxygens (including phenoxy) is 1. The Hall–Kier alpha value is -1.82. The Morgan fingerprint density at radius 3 is 2.05 bits per heavy atom. The van der Waals surface area contributed by atoms with E-state index in [0.717, 1.165) is 125 Å². The molecule has 3 saturated carbocycles. The summed E-state index contributed by atoms with van der Waals surface area (Å²) in [5.74, 6) is 5.76. The minimum Gasteiger partial charge on any atom is -0.462 e. The Bertz CT molecular complexity index is 1390. The standard InChI is InChI=1S/C59H107N3O3/c1-10-11-12-13-14-15-16-17-18-19-20-23-31-56(63)61-43-26-25-42-60-48(5)49(39-44-62(8)9)30-22-21-24-32-57(64)65-51-37-40-58(6)50(45-51)33-34-52-54-36-35-53(47(4)29-27-28-46(2)3)59(54,7)41-38-55(52)58/h33,46-47,49,51-55,60H,5,10-32,34-45H2,1-4,6-9H3,(H,61,63). The first-order valence-corrected chi connectivity index (χ1v) is 28.5. The van der Waals surface area contributed by atoms with Crippen molar-refractivity contribution in [2.75, 3.05) is 33.7 Å². The number of rotatable bonds is 35. The summed E-state index contributed by atoms with van der Waals surface area (Å²) in [6.07, 6.45) is 41.3. The molecule has 4 aliphatic carbocycles. The molecule has 4 aliphatic rings. The van der Waals surface area contributed by atoms with Gasteiger partial charge in [-0.1, -0.05) is 163 Å². The van der Waals surface area contributed by atoms with Crippen molar-refractivity contribution in [3.05, 3.63) is 23.9 Å². The maximum Gasteiger partial charge on any atom is 0.306 e. The molecule has 9 unspecified atom stereocenters. The van der Waals surface area contributed by atoms with Crippen LogP contribution in [0.3, 0.4) is 0 Å². The predicted octanol–water partition coefficient (Wildman–Crippen LogP) is 15.5. The number of esters is 1. The summed E-state index contributed by atoms with van der Waals surface area (Å²) in [6, 6.07) is 0. The van der Waals surface area contributed by atoms with Crippen molar-refractivity contribution in [3.63, 3.8) is 0 Å². The molecule has 6 heteroatoms. The Morgan fingerprint density at radius 1 is 0.723 bits per heavy atom. The van der Waals surface area contributed by atoms with E-state index < -0.39 is 0 Å². The molecular formula is C59H107N3O3. The van der Waals surface area contributed by atoms with E-state index in [1.54, 1.807) is 5.57 Å². The van der Waals surface area contributed by atoms with Crippen LogP contribution in [0, 0.1) is 52.3 Å². The van der Waals surface area contributed by atoms with Crippen LogP contribution in [0.4, 0.5) is 0 Å². The Morgan fingerprint density at radius 2 is 1.37 bits per heavy atom. The van der Waals surface area contributed by atoms with Crippen molar-refractivity contribution in [1.82, 2.24) is 15.5 Å². The number of hydrogen-bond acceptors (Lipinski definition) is 5. The third-order valence-electron chi connectivity index (χ3n) is 17.9. The van der Waals surface area contributed by atoms with E-state index in [1.165, 1.54) is 128 Å². The van der Waals surface area contributed by atoms with E-state index in [-0.39, 0.29) is 18.0 Å². The van der Waals surface area contributed by atoms with E-state index in [1.807, 2.05) is 0 Å². The van der Waals surface area contributed by atoms with Crippen molar-refractivity contribution in [2.45, 2.75) is 253 Å². The van der Waals surface area contributed by atoms with Crippen LogP contribution < -0.4 is 10.6 Å². The van der Waals surface area contributed by atoms with Gasteiger partial charge in [0.25, 0.3) is 0 Å². The van der Waals surface area contributed by atoms with Crippen LogP contribution in [-0.4, -0.2) is 56.6 Å². The summed E-state index contributed by atoms with van der Waals surface area (Å²) >= 11 is 0. The van der Waals surface area contributed by atoms with Crippen LogP contribution >= 0.6 is 0 Å². The van der Waals surface area contributed by atoms with Crippen molar-refractivity contribution in [2.24, 2.45) is 52.3 Å². The fraction of sp³-hybridized carbons (Fsp3) is 0.898. The highest BCUT2D eigenvalue weighted by molar-refractivity contribution is 5.75. The lowest BCUT2D eigenvalue weighted by Gasteiger charge is -2.58. The van der Waals surface area contributed by atoms with Gasteiger partial charge in [-0.05, 0) is 156 Å². The summed E-state index contributed by atoms with van der Waals surface area (Å²) < 4.78 is 6.23. The molecule has 65 heavy (non-hydrogen) atoms. The molecule has 0 aromatic carbocycles. The highest BCUT2D eigenvalue weighted by atomic mass is 16.5. The minimum absolute atomic E-state index is 0.0107. The molecule has 0 radical (unpaired) electrons. The average molecular weight is 907 g/mol. The van der Waals surface area contributed by atoms with Crippen LogP contribution in [-0.2, 0) is 14.3 Å².